The van der Waals surface area contributed by atoms with Crippen LogP contribution >= 0.6 is 12.4 Å². The van der Waals surface area contributed by atoms with Crippen molar-refractivity contribution in [3.8, 4) is 11.3 Å². The SMILES string of the molecule is CN(C)CCNc1ccc2c3c(nn2CCN(C)CCO)-c2ccccc2C(=O)c13.Cl. The third-order valence-corrected chi connectivity index (χ3v) is 5.62. The molecule has 0 amide bonds. The Hall–Kier alpha value is -2.45. The molecule has 31 heavy (non-hydrogen) atoms. The van der Waals surface area contributed by atoms with Gasteiger partial charge >= 0.3 is 0 Å². The van der Waals surface area contributed by atoms with Crippen LogP contribution in [0.15, 0.2) is 36.4 Å². The molecule has 0 unspecified atom stereocenters. The predicted octanol–water partition coefficient (Wildman–Crippen LogP) is 2.57. The molecule has 1 aliphatic rings. The lowest BCUT2D eigenvalue weighted by Crippen LogP contribution is -2.26. The fourth-order valence-electron chi connectivity index (χ4n) is 4.00. The maximum Gasteiger partial charge on any atom is 0.196 e. The largest absolute Gasteiger partial charge is 0.395 e. The van der Waals surface area contributed by atoms with E-state index in [-0.39, 0.29) is 24.8 Å². The van der Waals surface area contributed by atoms with Gasteiger partial charge in [-0.25, -0.2) is 0 Å². The molecular formula is C23H30ClN5O2. The summed E-state index contributed by atoms with van der Waals surface area (Å²) in [4.78, 5) is 17.6. The number of carbonyl (C=O) groups is 1. The number of benzene rings is 2. The lowest BCUT2D eigenvalue weighted by molar-refractivity contribution is 0.104. The third-order valence-electron chi connectivity index (χ3n) is 5.62. The number of hydrogen-bond acceptors (Lipinski definition) is 6. The lowest BCUT2D eigenvalue weighted by atomic mass is 9.86. The minimum atomic E-state index is 0. The van der Waals surface area contributed by atoms with Gasteiger partial charge in [0.2, 0.25) is 0 Å². The van der Waals surface area contributed by atoms with Crippen molar-refractivity contribution in [1.82, 2.24) is 19.6 Å². The summed E-state index contributed by atoms with van der Waals surface area (Å²) in [5.74, 6) is 0.0491. The molecule has 0 fully saturated rings. The third kappa shape index (κ3) is 4.45. The first-order valence-corrected chi connectivity index (χ1v) is 10.4. The van der Waals surface area contributed by atoms with Crippen molar-refractivity contribution >= 4 is 34.8 Å². The Kier molecular flexibility index (Phi) is 7.33. The minimum Gasteiger partial charge on any atom is -0.395 e. The number of ketones is 1. The van der Waals surface area contributed by atoms with Gasteiger partial charge in [0.25, 0.3) is 0 Å². The summed E-state index contributed by atoms with van der Waals surface area (Å²) in [7, 11) is 6.05. The van der Waals surface area contributed by atoms with Crippen LogP contribution in [0.1, 0.15) is 15.9 Å². The minimum absolute atomic E-state index is 0. The summed E-state index contributed by atoms with van der Waals surface area (Å²) >= 11 is 0. The van der Waals surface area contributed by atoms with Gasteiger partial charge in [-0.1, -0.05) is 24.3 Å². The van der Waals surface area contributed by atoms with Gasteiger partial charge in [0.05, 0.1) is 24.2 Å². The molecule has 1 aromatic heterocycles. The molecule has 7 nitrogen and oxygen atoms in total. The number of halogens is 1. The van der Waals surface area contributed by atoms with Crippen LogP contribution in [0.25, 0.3) is 22.2 Å². The van der Waals surface area contributed by atoms with Gasteiger partial charge in [-0.05, 0) is 33.3 Å². The summed E-state index contributed by atoms with van der Waals surface area (Å²) in [6.07, 6.45) is 0. The van der Waals surface area contributed by atoms with E-state index < -0.39 is 0 Å². The number of anilines is 1. The number of hydrogen-bond donors (Lipinski definition) is 2. The molecule has 4 rings (SSSR count). The number of carbonyl (C=O) groups excluding carboxylic acids is 1. The Labute approximate surface area is 189 Å². The molecule has 0 radical (unpaired) electrons. The molecule has 0 aliphatic heterocycles. The van der Waals surface area contributed by atoms with Gasteiger partial charge in [0.1, 0.15) is 5.69 Å². The summed E-state index contributed by atoms with van der Waals surface area (Å²) in [5.41, 5.74) is 5.02. The lowest BCUT2D eigenvalue weighted by Gasteiger charge is -2.19. The van der Waals surface area contributed by atoms with Gasteiger partial charge in [0.15, 0.2) is 5.78 Å². The van der Waals surface area contributed by atoms with Crippen LogP contribution in [0.4, 0.5) is 5.69 Å². The molecule has 8 heteroatoms. The number of fused-ring (bicyclic) bond motifs is 2. The molecule has 2 aromatic carbocycles. The molecule has 0 spiro atoms. The van der Waals surface area contributed by atoms with E-state index in [1.54, 1.807) is 0 Å². The van der Waals surface area contributed by atoms with E-state index in [9.17, 15) is 4.79 Å². The van der Waals surface area contributed by atoms with E-state index >= 15 is 0 Å². The topological polar surface area (TPSA) is 73.6 Å². The molecule has 0 saturated heterocycles. The number of likely N-dealkylation sites (N-methyl/N-ethyl adjacent to an activating group) is 2. The second kappa shape index (κ2) is 9.78. The van der Waals surface area contributed by atoms with Crippen molar-refractivity contribution in [3.63, 3.8) is 0 Å². The normalized spacial score (nSPS) is 12.4. The van der Waals surface area contributed by atoms with E-state index in [4.69, 9.17) is 10.2 Å². The van der Waals surface area contributed by atoms with Crippen molar-refractivity contribution in [1.29, 1.82) is 0 Å². The summed E-state index contributed by atoms with van der Waals surface area (Å²) in [6, 6.07) is 11.8. The Morgan fingerprint density at radius 1 is 1.03 bits per heavy atom. The quantitative estimate of drug-likeness (QED) is 0.414. The van der Waals surface area contributed by atoms with Crippen molar-refractivity contribution in [2.45, 2.75) is 6.54 Å². The number of nitrogens with one attached hydrogen (secondary N) is 1. The van der Waals surface area contributed by atoms with Gasteiger partial charge in [-0.15, -0.1) is 12.4 Å². The van der Waals surface area contributed by atoms with Crippen LogP contribution in [0, 0.1) is 0 Å². The number of nitrogens with zero attached hydrogens (tertiary/aromatic N) is 4. The first-order valence-electron chi connectivity index (χ1n) is 10.4. The van der Waals surface area contributed by atoms with Gasteiger partial charge in [0, 0.05) is 48.4 Å². The fraction of sp³-hybridized carbons (Fsp3) is 0.391. The van der Waals surface area contributed by atoms with E-state index in [0.29, 0.717) is 18.7 Å². The van der Waals surface area contributed by atoms with Gasteiger partial charge in [-0.3, -0.25) is 9.48 Å². The second-order valence-electron chi connectivity index (χ2n) is 8.09. The summed E-state index contributed by atoms with van der Waals surface area (Å²) < 4.78 is 1.99. The monoisotopic (exact) mass is 443 g/mol. The fourth-order valence-corrected chi connectivity index (χ4v) is 4.00. The standard InChI is InChI=1S/C23H29N5O2.ClH/c1-26(2)11-10-24-18-8-9-19-21-20(18)23(30)17-7-5-4-6-16(17)22(21)25-28(19)13-12-27(3)14-15-29;/h4-9,24,29H,10-15H2,1-3H3;1H. The highest BCUT2D eigenvalue weighted by Gasteiger charge is 2.30. The molecular weight excluding hydrogens is 414 g/mol. The maximum atomic E-state index is 13.4. The zero-order valence-corrected chi connectivity index (χ0v) is 19.1. The average molecular weight is 444 g/mol. The van der Waals surface area contributed by atoms with Crippen molar-refractivity contribution in [2.24, 2.45) is 0 Å². The zero-order chi connectivity index (χ0) is 21.3. The Bertz CT molecular complexity index is 1080. The van der Waals surface area contributed by atoms with Crippen LogP contribution in [-0.4, -0.2) is 84.4 Å². The van der Waals surface area contributed by atoms with Crippen molar-refractivity contribution < 1.29 is 9.90 Å². The Morgan fingerprint density at radius 2 is 1.77 bits per heavy atom. The van der Waals surface area contributed by atoms with Crippen LogP contribution in [0.5, 0.6) is 0 Å². The van der Waals surface area contributed by atoms with Crippen molar-refractivity contribution in [3.05, 3.63) is 47.5 Å². The Balaban J connectivity index is 0.00000272. The molecule has 2 N–H and O–H groups in total. The summed E-state index contributed by atoms with van der Waals surface area (Å²) in [5, 5.41) is 18.5. The first-order chi connectivity index (χ1) is 14.5. The number of aromatic nitrogens is 2. The van der Waals surface area contributed by atoms with Crippen LogP contribution in [-0.2, 0) is 6.54 Å². The highest BCUT2D eigenvalue weighted by atomic mass is 35.5. The molecule has 3 aromatic rings. The van der Waals surface area contributed by atoms with Crippen molar-refractivity contribution in [2.75, 3.05) is 59.2 Å². The molecule has 1 aliphatic carbocycles. The summed E-state index contributed by atoms with van der Waals surface area (Å²) in [6.45, 7) is 3.86. The van der Waals surface area contributed by atoms with E-state index in [1.807, 2.05) is 56.2 Å². The molecule has 1 heterocycles. The second-order valence-corrected chi connectivity index (χ2v) is 8.09. The number of aliphatic hydroxyl groups excluding tert-OH is 1. The molecule has 0 saturated carbocycles. The smallest absolute Gasteiger partial charge is 0.196 e. The maximum absolute atomic E-state index is 13.4. The van der Waals surface area contributed by atoms with E-state index in [2.05, 4.69) is 21.2 Å². The van der Waals surface area contributed by atoms with E-state index in [1.165, 1.54) is 0 Å². The van der Waals surface area contributed by atoms with Crippen LogP contribution < -0.4 is 5.32 Å². The predicted molar refractivity (Wildman–Crippen MR) is 127 cm³/mol. The van der Waals surface area contributed by atoms with E-state index in [0.717, 1.165) is 53.0 Å². The Morgan fingerprint density at radius 3 is 2.48 bits per heavy atom. The molecule has 0 bridgehead atoms. The van der Waals surface area contributed by atoms with Crippen LogP contribution in [0.2, 0.25) is 0 Å². The molecule has 166 valence electrons. The van der Waals surface area contributed by atoms with Crippen LogP contribution in [0.3, 0.4) is 0 Å². The average Bonchev–Trinajstić information content (AvgIpc) is 3.10. The van der Waals surface area contributed by atoms with Gasteiger partial charge in [-0.2, -0.15) is 5.10 Å². The number of aliphatic hydroxyl groups is 1. The highest BCUT2D eigenvalue weighted by Crippen LogP contribution is 2.41. The first kappa shape index (κ1) is 23.2. The molecule has 0 atom stereocenters. The number of rotatable bonds is 9. The van der Waals surface area contributed by atoms with Gasteiger partial charge < -0.3 is 20.2 Å². The highest BCUT2D eigenvalue weighted by molar-refractivity contribution is 6.27. The zero-order valence-electron chi connectivity index (χ0n) is 18.3.